The van der Waals surface area contributed by atoms with Gasteiger partial charge in [0, 0.05) is 44.8 Å². The summed E-state index contributed by atoms with van der Waals surface area (Å²) in [6, 6.07) is 5.85. The van der Waals surface area contributed by atoms with Gasteiger partial charge in [0.15, 0.2) is 0 Å². The Morgan fingerprint density at radius 1 is 1.04 bits per heavy atom. The van der Waals surface area contributed by atoms with Crippen molar-refractivity contribution in [3.63, 3.8) is 0 Å². The molecule has 0 aromatic heterocycles. The largest absolute Gasteiger partial charge is 0.339 e. The molecule has 1 aromatic rings. The van der Waals surface area contributed by atoms with Crippen LogP contribution in [-0.2, 0) is 27.2 Å². The molecule has 2 fully saturated rings. The third-order valence-corrected chi connectivity index (χ3v) is 6.22. The predicted molar refractivity (Wildman–Crippen MR) is 102 cm³/mol. The zero-order chi connectivity index (χ0) is 19.0. The highest BCUT2D eigenvalue weighted by molar-refractivity contribution is 6.01. The Kier molecular flexibility index (Phi) is 4.89. The molecule has 3 aliphatic rings. The molecule has 6 nitrogen and oxygen atoms in total. The third kappa shape index (κ3) is 3.57. The number of carbonyl (C=O) groups excluding carboxylic acids is 3. The minimum absolute atomic E-state index is 0.0940. The summed E-state index contributed by atoms with van der Waals surface area (Å²) in [6.45, 7) is 2.52. The molecule has 1 aliphatic carbocycles. The Balaban J connectivity index is 1.32. The first-order chi connectivity index (χ1) is 13.0. The van der Waals surface area contributed by atoms with Crippen LogP contribution in [0.1, 0.15) is 36.8 Å². The molecule has 1 aromatic carbocycles. The Morgan fingerprint density at radius 3 is 2.41 bits per heavy atom. The number of anilines is 1. The molecule has 0 atom stereocenters. The van der Waals surface area contributed by atoms with Gasteiger partial charge in [-0.2, -0.15) is 0 Å². The van der Waals surface area contributed by atoms with Crippen molar-refractivity contribution in [2.24, 2.45) is 5.92 Å². The highest BCUT2D eigenvalue weighted by Gasteiger charge is 2.30. The van der Waals surface area contributed by atoms with E-state index in [-0.39, 0.29) is 23.6 Å². The van der Waals surface area contributed by atoms with Crippen molar-refractivity contribution in [1.82, 2.24) is 9.80 Å². The first-order valence-electron chi connectivity index (χ1n) is 9.98. The molecule has 0 N–H and O–H groups in total. The first kappa shape index (κ1) is 18.0. The molecule has 27 heavy (non-hydrogen) atoms. The van der Waals surface area contributed by atoms with Crippen LogP contribution in [0, 0.1) is 5.92 Å². The van der Waals surface area contributed by atoms with E-state index >= 15 is 0 Å². The van der Waals surface area contributed by atoms with E-state index in [9.17, 15) is 14.4 Å². The van der Waals surface area contributed by atoms with E-state index < -0.39 is 0 Å². The van der Waals surface area contributed by atoms with E-state index in [1.54, 1.807) is 11.9 Å². The van der Waals surface area contributed by atoms with Gasteiger partial charge in [-0.25, -0.2) is 0 Å². The topological polar surface area (TPSA) is 60.9 Å². The number of hydrogen-bond acceptors (Lipinski definition) is 3. The van der Waals surface area contributed by atoms with Gasteiger partial charge in [0.05, 0.1) is 12.8 Å². The number of hydrogen-bond donors (Lipinski definition) is 0. The van der Waals surface area contributed by atoms with Crippen LogP contribution in [0.5, 0.6) is 0 Å². The van der Waals surface area contributed by atoms with Crippen molar-refractivity contribution < 1.29 is 14.4 Å². The van der Waals surface area contributed by atoms with Crippen LogP contribution >= 0.6 is 0 Å². The van der Waals surface area contributed by atoms with Gasteiger partial charge in [0.1, 0.15) is 0 Å². The lowest BCUT2D eigenvalue weighted by Crippen LogP contribution is -2.52. The van der Waals surface area contributed by atoms with Gasteiger partial charge in [-0.05, 0) is 30.0 Å². The quantitative estimate of drug-likeness (QED) is 0.813. The summed E-state index contributed by atoms with van der Waals surface area (Å²) in [5.74, 6) is 0.684. The number of piperazine rings is 1. The van der Waals surface area contributed by atoms with E-state index in [1.165, 1.54) is 0 Å². The highest BCUT2D eigenvalue weighted by Crippen LogP contribution is 2.29. The number of nitrogens with zero attached hydrogens (tertiary/aromatic N) is 3. The van der Waals surface area contributed by atoms with Crippen LogP contribution < -0.4 is 4.90 Å². The lowest BCUT2D eigenvalue weighted by Gasteiger charge is -2.36. The molecule has 0 spiro atoms. The molecule has 144 valence electrons. The van der Waals surface area contributed by atoms with Gasteiger partial charge in [0.2, 0.25) is 17.7 Å². The summed E-state index contributed by atoms with van der Waals surface area (Å²) in [5.41, 5.74) is 2.89. The average Bonchev–Trinajstić information content (AvgIpc) is 3.30. The Bertz CT molecular complexity index is 762. The molecular formula is C21H27N3O3. The van der Waals surface area contributed by atoms with E-state index in [4.69, 9.17) is 0 Å². The van der Waals surface area contributed by atoms with Gasteiger partial charge < -0.3 is 14.7 Å². The maximum atomic E-state index is 12.7. The maximum absolute atomic E-state index is 12.7. The highest BCUT2D eigenvalue weighted by atomic mass is 16.2. The predicted octanol–water partition coefficient (Wildman–Crippen LogP) is 1.61. The Labute approximate surface area is 160 Å². The van der Waals surface area contributed by atoms with Crippen molar-refractivity contribution in [3.8, 4) is 0 Å². The van der Waals surface area contributed by atoms with Gasteiger partial charge >= 0.3 is 0 Å². The molecule has 6 heteroatoms. The fourth-order valence-electron chi connectivity index (χ4n) is 4.53. The second-order valence-corrected chi connectivity index (χ2v) is 7.96. The van der Waals surface area contributed by atoms with Crippen molar-refractivity contribution in [2.45, 2.75) is 38.5 Å². The van der Waals surface area contributed by atoms with Crippen molar-refractivity contribution in [3.05, 3.63) is 29.3 Å². The number of rotatable bonds is 3. The molecule has 0 radical (unpaired) electrons. The molecule has 1 saturated carbocycles. The van der Waals surface area contributed by atoms with Crippen molar-refractivity contribution >= 4 is 23.4 Å². The summed E-state index contributed by atoms with van der Waals surface area (Å²) in [4.78, 5) is 42.5. The van der Waals surface area contributed by atoms with Crippen LogP contribution in [0.2, 0.25) is 0 Å². The maximum Gasteiger partial charge on any atom is 0.231 e. The van der Waals surface area contributed by atoms with Crippen molar-refractivity contribution in [2.75, 3.05) is 38.1 Å². The second-order valence-electron chi connectivity index (χ2n) is 7.96. The summed E-state index contributed by atoms with van der Waals surface area (Å²) >= 11 is 0. The van der Waals surface area contributed by atoms with E-state index in [2.05, 4.69) is 0 Å². The summed E-state index contributed by atoms with van der Waals surface area (Å²) in [5, 5.41) is 0. The molecule has 1 saturated heterocycles. The number of fused-ring (bicyclic) bond motifs is 1. The Hall–Kier alpha value is -2.37. The van der Waals surface area contributed by atoms with Gasteiger partial charge in [0.25, 0.3) is 0 Å². The lowest BCUT2D eigenvalue weighted by atomic mass is 10.0. The molecule has 0 unspecified atom stereocenters. The van der Waals surface area contributed by atoms with E-state index in [1.807, 2.05) is 28.0 Å². The van der Waals surface area contributed by atoms with Crippen LogP contribution in [0.4, 0.5) is 5.69 Å². The standard InChI is InChI=1S/C21H27N3O3/c1-22-18-7-6-15(12-17(18)14-19(22)25)13-20(26)23-8-10-24(11-9-23)21(27)16-4-2-3-5-16/h6-7,12,16H,2-5,8-11,13-14H2,1H3. The minimum atomic E-state index is 0.0940. The molecule has 4 rings (SSSR count). The average molecular weight is 369 g/mol. The van der Waals surface area contributed by atoms with Crippen LogP contribution in [-0.4, -0.2) is 60.7 Å². The smallest absolute Gasteiger partial charge is 0.231 e. The number of amides is 3. The number of likely N-dealkylation sites (N-methyl/N-ethyl adjacent to an activating group) is 1. The fourth-order valence-corrected chi connectivity index (χ4v) is 4.53. The normalized spacial score (nSPS) is 20.3. The summed E-state index contributed by atoms with van der Waals surface area (Å²) < 4.78 is 0. The molecule has 3 amide bonds. The van der Waals surface area contributed by atoms with Crippen LogP contribution in [0.3, 0.4) is 0 Å². The van der Waals surface area contributed by atoms with Gasteiger partial charge in [-0.1, -0.05) is 25.0 Å². The molecular weight excluding hydrogens is 342 g/mol. The summed E-state index contributed by atoms with van der Waals surface area (Å²) in [7, 11) is 1.78. The van der Waals surface area contributed by atoms with E-state index in [0.717, 1.165) is 42.5 Å². The third-order valence-electron chi connectivity index (χ3n) is 6.22. The number of benzene rings is 1. The summed E-state index contributed by atoms with van der Waals surface area (Å²) in [6.07, 6.45) is 5.13. The first-order valence-corrected chi connectivity index (χ1v) is 9.98. The van der Waals surface area contributed by atoms with Crippen LogP contribution in [0.15, 0.2) is 18.2 Å². The van der Waals surface area contributed by atoms with Gasteiger partial charge in [-0.15, -0.1) is 0 Å². The zero-order valence-corrected chi connectivity index (χ0v) is 15.9. The minimum Gasteiger partial charge on any atom is -0.339 e. The van der Waals surface area contributed by atoms with Gasteiger partial charge in [-0.3, -0.25) is 14.4 Å². The SMILES string of the molecule is CN1C(=O)Cc2cc(CC(=O)N3CCN(C(=O)C4CCCC4)CC3)ccc21. The molecule has 2 heterocycles. The fraction of sp³-hybridized carbons (Fsp3) is 0.571. The number of carbonyl (C=O) groups is 3. The van der Waals surface area contributed by atoms with Crippen LogP contribution in [0.25, 0.3) is 0 Å². The lowest BCUT2D eigenvalue weighted by molar-refractivity contribution is -0.141. The second kappa shape index (κ2) is 7.33. The Morgan fingerprint density at radius 2 is 1.70 bits per heavy atom. The zero-order valence-electron chi connectivity index (χ0n) is 15.9. The molecule has 2 aliphatic heterocycles. The van der Waals surface area contributed by atoms with E-state index in [0.29, 0.717) is 39.0 Å². The monoisotopic (exact) mass is 369 g/mol. The molecule has 0 bridgehead atoms. The van der Waals surface area contributed by atoms with Crippen molar-refractivity contribution in [1.29, 1.82) is 0 Å².